The van der Waals surface area contributed by atoms with Crippen molar-refractivity contribution in [2.24, 2.45) is 0 Å². The third-order valence-corrected chi connectivity index (χ3v) is 4.93. The number of benzene rings is 1. The third-order valence-electron chi connectivity index (χ3n) is 1.98. The van der Waals surface area contributed by atoms with Gasteiger partial charge in [-0.1, -0.05) is 30.3 Å². The fourth-order valence-corrected chi connectivity index (χ4v) is 2.22. The summed E-state index contributed by atoms with van der Waals surface area (Å²) in [6.07, 6.45) is 0. The lowest BCUT2D eigenvalue weighted by atomic mass is 10.2. The lowest BCUT2D eigenvalue weighted by molar-refractivity contribution is -0.310. The molecule has 0 bridgehead atoms. The van der Waals surface area contributed by atoms with Gasteiger partial charge in [0.2, 0.25) is 0 Å². The summed E-state index contributed by atoms with van der Waals surface area (Å²) in [6, 6.07) is 8.57. The summed E-state index contributed by atoms with van der Waals surface area (Å²) in [6.45, 7) is -2.39. The Morgan fingerprint density at radius 1 is 1.43 bits per heavy atom. The van der Waals surface area contributed by atoms with E-state index in [1.54, 1.807) is 30.3 Å². The van der Waals surface area contributed by atoms with Crippen molar-refractivity contribution in [2.75, 3.05) is 0 Å². The molecule has 0 N–H and O–H groups in total. The molecule has 0 aliphatic heterocycles. The van der Waals surface area contributed by atoms with Gasteiger partial charge in [-0.3, -0.25) is 10.1 Å². The van der Waals surface area contributed by atoms with Crippen molar-refractivity contribution in [3.05, 3.63) is 46.0 Å². The Labute approximate surface area is 86.3 Å². The van der Waals surface area contributed by atoms with E-state index in [4.69, 9.17) is 11.2 Å². The molecule has 4 nitrogen and oxygen atoms in total. The predicted molar refractivity (Wildman–Crippen MR) is 55.3 cm³/mol. The highest BCUT2D eigenvalue weighted by Crippen LogP contribution is 2.63. The van der Waals surface area contributed by atoms with Gasteiger partial charge in [0.05, 0.1) is 4.69 Å². The second-order valence-electron chi connectivity index (χ2n) is 2.87. The van der Waals surface area contributed by atoms with Gasteiger partial charge in [0.25, 0.3) is 0 Å². The van der Waals surface area contributed by atoms with E-state index in [1.807, 2.05) is 0 Å². The molecule has 0 aromatic heterocycles. The van der Waals surface area contributed by atoms with Gasteiger partial charge in [0.15, 0.2) is 0 Å². The quantitative estimate of drug-likeness (QED) is 0.456. The lowest BCUT2D eigenvalue weighted by Gasteiger charge is -2.10. The summed E-state index contributed by atoms with van der Waals surface area (Å²) in [5, 5.41) is 10.4. The van der Waals surface area contributed by atoms with E-state index in [9.17, 15) is 14.7 Å². The van der Waals surface area contributed by atoms with Crippen LogP contribution in [0.25, 0.3) is 0 Å². The van der Waals surface area contributed by atoms with Crippen LogP contribution < -0.4 is 0 Å². The van der Waals surface area contributed by atoms with E-state index in [-0.39, 0.29) is 0 Å². The first-order valence-corrected chi connectivity index (χ1v) is 6.59. The molecule has 2 unspecified atom stereocenters. The van der Waals surface area contributed by atoms with E-state index in [0.717, 1.165) is 0 Å². The number of hydrogen-bond acceptors (Lipinski definition) is 3. The fourth-order valence-electron chi connectivity index (χ4n) is 1.06. The standard InChI is InChI=1S/C8H9ClNO3P/c1-7(14(9,13)10(11)12)8-5-3-2-4-6-8/h2-7H,1H3. The molecular weight excluding hydrogens is 225 g/mol. The van der Waals surface area contributed by atoms with Gasteiger partial charge in [-0.25, -0.2) is 4.57 Å². The second kappa shape index (κ2) is 4.11. The Bertz CT molecular complexity index is 381. The molecule has 76 valence electrons. The normalized spacial score (nSPS) is 17.0. The minimum Gasteiger partial charge on any atom is -0.260 e. The number of hydrogen-bond donors (Lipinski definition) is 0. The van der Waals surface area contributed by atoms with Crippen LogP contribution in [0.5, 0.6) is 0 Å². The van der Waals surface area contributed by atoms with Gasteiger partial charge in [0, 0.05) is 11.2 Å². The van der Waals surface area contributed by atoms with Crippen LogP contribution in [-0.2, 0) is 4.57 Å². The van der Waals surface area contributed by atoms with Gasteiger partial charge in [0.1, 0.15) is 5.66 Å². The molecule has 0 aliphatic carbocycles. The van der Waals surface area contributed by atoms with Crippen molar-refractivity contribution in [3.63, 3.8) is 0 Å². The van der Waals surface area contributed by atoms with Crippen LogP contribution in [0.15, 0.2) is 30.3 Å². The van der Waals surface area contributed by atoms with Crippen molar-refractivity contribution in [1.82, 2.24) is 0 Å². The maximum absolute atomic E-state index is 11.5. The van der Waals surface area contributed by atoms with Gasteiger partial charge in [-0.05, 0) is 12.5 Å². The Balaban J connectivity index is 3.03. The van der Waals surface area contributed by atoms with E-state index in [0.29, 0.717) is 5.56 Å². The first kappa shape index (κ1) is 11.2. The maximum atomic E-state index is 11.5. The van der Waals surface area contributed by atoms with Crippen LogP contribution in [0.2, 0.25) is 0 Å². The highest BCUT2D eigenvalue weighted by Gasteiger charge is 2.41. The van der Waals surface area contributed by atoms with Crippen LogP contribution in [0, 0.1) is 10.1 Å². The summed E-state index contributed by atoms with van der Waals surface area (Å²) in [5.74, 6) is 0. The average Bonchev–Trinajstić information content (AvgIpc) is 2.17. The minimum absolute atomic E-state index is 0.613. The van der Waals surface area contributed by atoms with Crippen LogP contribution in [0.3, 0.4) is 0 Å². The summed E-state index contributed by atoms with van der Waals surface area (Å²) >= 11 is 5.41. The highest BCUT2D eigenvalue weighted by molar-refractivity contribution is 7.84. The minimum atomic E-state index is -3.88. The van der Waals surface area contributed by atoms with Gasteiger partial charge in [-0.15, -0.1) is 0 Å². The number of nitrogens with zero attached hydrogens (tertiary/aromatic N) is 1. The van der Waals surface area contributed by atoms with Crippen molar-refractivity contribution in [1.29, 1.82) is 0 Å². The van der Waals surface area contributed by atoms with Crippen molar-refractivity contribution < 1.29 is 9.26 Å². The molecule has 6 heteroatoms. The summed E-state index contributed by atoms with van der Waals surface area (Å²) in [5.41, 5.74) is -0.150. The topological polar surface area (TPSA) is 60.2 Å². The molecule has 0 spiro atoms. The molecule has 0 heterocycles. The summed E-state index contributed by atoms with van der Waals surface area (Å²) in [4.78, 5) is 10.4. The molecule has 0 saturated carbocycles. The smallest absolute Gasteiger partial charge is 0.260 e. The van der Waals surface area contributed by atoms with Crippen molar-refractivity contribution in [3.8, 4) is 0 Å². The zero-order valence-electron chi connectivity index (χ0n) is 7.46. The van der Waals surface area contributed by atoms with Crippen molar-refractivity contribution in [2.45, 2.75) is 12.6 Å². The molecule has 0 aliphatic rings. The molecule has 0 fully saturated rings. The molecule has 1 aromatic carbocycles. The average molecular weight is 234 g/mol. The number of halogens is 1. The Hall–Kier alpha value is -0.860. The lowest BCUT2D eigenvalue weighted by Crippen LogP contribution is -1.99. The second-order valence-corrected chi connectivity index (χ2v) is 6.51. The molecule has 0 radical (unpaired) electrons. The maximum Gasteiger partial charge on any atom is 0.468 e. The SMILES string of the molecule is CC(c1ccccc1)P(=O)(Cl)[N+](=O)[O-]. The molecule has 0 saturated heterocycles. The Morgan fingerprint density at radius 2 is 1.93 bits per heavy atom. The zero-order chi connectivity index (χ0) is 10.8. The van der Waals surface area contributed by atoms with Crippen molar-refractivity contribution >= 4 is 17.9 Å². The largest absolute Gasteiger partial charge is 0.468 e. The number of rotatable bonds is 3. The Morgan fingerprint density at radius 3 is 2.36 bits per heavy atom. The van der Waals surface area contributed by atoms with Gasteiger partial charge >= 0.3 is 6.65 Å². The van der Waals surface area contributed by atoms with Crippen LogP contribution in [0.1, 0.15) is 18.1 Å². The molecule has 1 rings (SSSR count). The van der Waals surface area contributed by atoms with Gasteiger partial charge < -0.3 is 0 Å². The number of nitro groups is 1. The molecule has 14 heavy (non-hydrogen) atoms. The molecule has 1 aromatic rings. The molecular formula is C8H9ClNO3P. The summed E-state index contributed by atoms with van der Waals surface area (Å²) < 4.78 is 10.6. The molecule has 0 amide bonds. The van der Waals surface area contributed by atoms with E-state index < -0.39 is 17.0 Å². The van der Waals surface area contributed by atoms with E-state index in [1.165, 1.54) is 6.92 Å². The first-order valence-electron chi connectivity index (χ1n) is 3.95. The zero-order valence-corrected chi connectivity index (χ0v) is 9.11. The first-order chi connectivity index (χ1) is 6.46. The van der Waals surface area contributed by atoms with E-state index >= 15 is 0 Å². The van der Waals surface area contributed by atoms with Crippen LogP contribution in [0.4, 0.5) is 0 Å². The molecule has 2 atom stereocenters. The van der Waals surface area contributed by atoms with E-state index in [2.05, 4.69) is 0 Å². The Kier molecular flexibility index (Phi) is 3.29. The monoisotopic (exact) mass is 233 g/mol. The summed E-state index contributed by atoms with van der Waals surface area (Å²) in [7, 11) is 0. The highest BCUT2D eigenvalue weighted by atomic mass is 35.7. The van der Waals surface area contributed by atoms with Crippen LogP contribution in [-0.4, -0.2) is 4.69 Å². The fraction of sp³-hybridized carbons (Fsp3) is 0.250. The van der Waals surface area contributed by atoms with Gasteiger partial charge in [-0.2, -0.15) is 0 Å². The third kappa shape index (κ3) is 2.14. The van der Waals surface area contributed by atoms with Crippen LogP contribution >= 0.6 is 17.9 Å². The predicted octanol–water partition coefficient (Wildman–Crippen LogP) is 3.46.